The number of halogens is 1. The van der Waals surface area contributed by atoms with E-state index in [0.29, 0.717) is 6.42 Å². The van der Waals surface area contributed by atoms with Crippen LogP contribution in [-0.2, 0) is 4.79 Å². The molecule has 2 atom stereocenters. The number of carbonyl (C=O) groups is 1. The summed E-state index contributed by atoms with van der Waals surface area (Å²) in [7, 11) is 1.65. The number of aryl methyl sites for hydroxylation is 1. The van der Waals surface area contributed by atoms with Crippen molar-refractivity contribution in [3.8, 4) is 5.75 Å². The lowest BCUT2D eigenvalue weighted by atomic mass is 9.85. The van der Waals surface area contributed by atoms with Crippen molar-refractivity contribution >= 4 is 27.6 Å². The summed E-state index contributed by atoms with van der Waals surface area (Å²) >= 11 is 3.46. The largest absolute Gasteiger partial charge is 0.495 e. The van der Waals surface area contributed by atoms with E-state index >= 15 is 0 Å². The Morgan fingerprint density at radius 1 is 1.45 bits per heavy atom. The van der Waals surface area contributed by atoms with Crippen LogP contribution in [0.25, 0.3) is 0 Å². The Hall–Kier alpha value is -1.23. The van der Waals surface area contributed by atoms with E-state index in [1.54, 1.807) is 7.11 Å². The molecule has 0 aliphatic heterocycles. The summed E-state index contributed by atoms with van der Waals surface area (Å²) in [5.74, 6) is -0.131. The van der Waals surface area contributed by atoms with Gasteiger partial charge in [0, 0.05) is 10.5 Å². The van der Waals surface area contributed by atoms with Gasteiger partial charge in [0.15, 0.2) is 0 Å². The molecule has 0 amide bonds. The second-order valence-electron chi connectivity index (χ2n) is 5.34. The number of aliphatic carboxylic acids is 1. The molecule has 0 aromatic heterocycles. The molecule has 110 valence electrons. The molecule has 20 heavy (non-hydrogen) atoms. The van der Waals surface area contributed by atoms with E-state index in [1.807, 2.05) is 19.1 Å². The number of methoxy groups -OCH3 is 1. The Bertz CT molecular complexity index is 504. The summed E-state index contributed by atoms with van der Waals surface area (Å²) in [4.78, 5) is 11.1. The number of ether oxygens (including phenoxy) is 1. The fourth-order valence-electron chi connectivity index (χ4n) is 2.81. The van der Waals surface area contributed by atoms with E-state index in [0.717, 1.165) is 40.7 Å². The Kier molecular flexibility index (Phi) is 4.91. The fourth-order valence-corrected chi connectivity index (χ4v) is 3.36. The first-order chi connectivity index (χ1) is 9.51. The molecule has 4 nitrogen and oxygen atoms in total. The molecule has 1 aromatic carbocycles. The van der Waals surface area contributed by atoms with E-state index < -0.39 is 5.97 Å². The lowest BCUT2D eigenvalue weighted by Gasteiger charge is -2.29. The molecular weight excluding hydrogens is 322 g/mol. The van der Waals surface area contributed by atoms with Gasteiger partial charge < -0.3 is 15.2 Å². The highest BCUT2D eigenvalue weighted by Gasteiger charge is 2.27. The third kappa shape index (κ3) is 3.45. The standard InChI is InChI=1S/C15H20BrNO3/c1-9-6-11(16)8-13(20-2)14(9)17-12-5-3-4-10(7-12)15(18)19/h6,8,10,12,17H,3-5,7H2,1-2H3,(H,18,19). The molecular formula is C15H20BrNO3. The number of nitrogens with one attached hydrogen (secondary N) is 1. The fraction of sp³-hybridized carbons (Fsp3) is 0.533. The van der Waals surface area contributed by atoms with Gasteiger partial charge in [-0.05, 0) is 43.9 Å². The van der Waals surface area contributed by atoms with Crippen molar-refractivity contribution in [1.82, 2.24) is 0 Å². The van der Waals surface area contributed by atoms with Gasteiger partial charge in [0.25, 0.3) is 0 Å². The smallest absolute Gasteiger partial charge is 0.306 e. The molecule has 2 unspecified atom stereocenters. The van der Waals surface area contributed by atoms with E-state index in [9.17, 15) is 4.79 Å². The molecule has 5 heteroatoms. The van der Waals surface area contributed by atoms with Crippen LogP contribution in [0.4, 0.5) is 5.69 Å². The van der Waals surface area contributed by atoms with E-state index in [2.05, 4.69) is 21.2 Å². The van der Waals surface area contributed by atoms with Crippen LogP contribution in [0, 0.1) is 12.8 Å². The molecule has 0 heterocycles. The highest BCUT2D eigenvalue weighted by molar-refractivity contribution is 9.10. The van der Waals surface area contributed by atoms with Crippen LogP contribution in [0.5, 0.6) is 5.75 Å². The maximum Gasteiger partial charge on any atom is 0.306 e. The van der Waals surface area contributed by atoms with Crippen molar-refractivity contribution < 1.29 is 14.6 Å². The molecule has 0 saturated heterocycles. The molecule has 0 spiro atoms. The maximum absolute atomic E-state index is 11.1. The van der Waals surface area contributed by atoms with Crippen molar-refractivity contribution in [1.29, 1.82) is 0 Å². The molecule has 2 rings (SSSR count). The normalized spacial score (nSPS) is 22.4. The Morgan fingerprint density at radius 3 is 2.85 bits per heavy atom. The summed E-state index contributed by atoms with van der Waals surface area (Å²) in [5, 5.41) is 12.6. The summed E-state index contributed by atoms with van der Waals surface area (Å²) < 4.78 is 6.39. The van der Waals surface area contributed by atoms with Gasteiger partial charge in [0.05, 0.1) is 18.7 Å². The molecule has 1 saturated carbocycles. The predicted octanol–water partition coefficient (Wildman–Crippen LogP) is 3.82. The van der Waals surface area contributed by atoms with Crippen LogP contribution in [0.2, 0.25) is 0 Å². The monoisotopic (exact) mass is 341 g/mol. The van der Waals surface area contributed by atoms with Crippen LogP contribution in [0.3, 0.4) is 0 Å². The van der Waals surface area contributed by atoms with Gasteiger partial charge in [-0.3, -0.25) is 4.79 Å². The predicted molar refractivity (Wildman–Crippen MR) is 82.4 cm³/mol. The Labute approximate surface area is 127 Å². The van der Waals surface area contributed by atoms with Gasteiger partial charge in [0.1, 0.15) is 5.75 Å². The number of carboxylic acids is 1. The molecule has 1 aromatic rings. The van der Waals surface area contributed by atoms with Crippen molar-refractivity contribution in [2.45, 2.75) is 38.6 Å². The Morgan fingerprint density at radius 2 is 2.20 bits per heavy atom. The third-order valence-electron chi connectivity index (χ3n) is 3.86. The van der Waals surface area contributed by atoms with E-state index in [1.165, 1.54) is 0 Å². The summed E-state index contributed by atoms with van der Waals surface area (Å²) in [6, 6.07) is 4.15. The van der Waals surface area contributed by atoms with Gasteiger partial charge in [-0.2, -0.15) is 0 Å². The first-order valence-electron chi connectivity index (χ1n) is 6.84. The van der Waals surface area contributed by atoms with Gasteiger partial charge in [-0.1, -0.05) is 22.4 Å². The molecule has 1 aliphatic carbocycles. The van der Waals surface area contributed by atoms with Gasteiger partial charge >= 0.3 is 5.97 Å². The topological polar surface area (TPSA) is 58.6 Å². The zero-order valence-electron chi connectivity index (χ0n) is 11.8. The van der Waals surface area contributed by atoms with Crippen LogP contribution in [0.1, 0.15) is 31.2 Å². The summed E-state index contributed by atoms with van der Waals surface area (Å²) in [6.45, 7) is 2.02. The average Bonchev–Trinajstić information content (AvgIpc) is 2.41. The minimum atomic E-state index is -0.684. The third-order valence-corrected chi connectivity index (χ3v) is 4.31. The first-order valence-corrected chi connectivity index (χ1v) is 7.64. The second-order valence-corrected chi connectivity index (χ2v) is 6.26. The van der Waals surface area contributed by atoms with Crippen LogP contribution in [0.15, 0.2) is 16.6 Å². The molecule has 1 aliphatic rings. The zero-order valence-corrected chi connectivity index (χ0v) is 13.4. The minimum absolute atomic E-state index is 0.193. The van der Waals surface area contributed by atoms with Crippen molar-refractivity contribution in [2.75, 3.05) is 12.4 Å². The molecule has 2 N–H and O–H groups in total. The van der Waals surface area contributed by atoms with Crippen LogP contribution in [-0.4, -0.2) is 24.2 Å². The average molecular weight is 342 g/mol. The number of hydrogen-bond acceptors (Lipinski definition) is 3. The quantitative estimate of drug-likeness (QED) is 0.873. The van der Waals surface area contributed by atoms with Crippen LogP contribution >= 0.6 is 15.9 Å². The number of benzene rings is 1. The molecule has 0 bridgehead atoms. The van der Waals surface area contributed by atoms with E-state index in [-0.39, 0.29) is 12.0 Å². The lowest BCUT2D eigenvalue weighted by molar-refractivity contribution is -0.142. The number of hydrogen-bond donors (Lipinski definition) is 2. The summed E-state index contributed by atoms with van der Waals surface area (Å²) in [6.07, 6.45) is 3.41. The van der Waals surface area contributed by atoms with Crippen LogP contribution < -0.4 is 10.1 Å². The number of carboxylic acid groups (broad SMARTS) is 1. The first kappa shape index (κ1) is 15.2. The SMILES string of the molecule is COc1cc(Br)cc(C)c1NC1CCCC(C(=O)O)C1. The van der Waals surface area contributed by atoms with Gasteiger partial charge in [-0.15, -0.1) is 0 Å². The molecule has 0 radical (unpaired) electrons. The highest BCUT2D eigenvalue weighted by atomic mass is 79.9. The van der Waals surface area contributed by atoms with E-state index in [4.69, 9.17) is 9.84 Å². The number of anilines is 1. The summed E-state index contributed by atoms with van der Waals surface area (Å²) in [5.41, 5.74) is 2.06. The zero-order chi connectivity index (χ0) is 14.7. The van der Waals surface area contributed by atoms with Gasteiger partial charge in [-0.25, -0.2) is 0 Å². The minimum Gasteiger partial charge on any atom is -0.495 e. The highest BCUT2D eigenvalue weighted by Crippen LogP contribution is 2.35. The second kappa shape index (κ2) is 6.48. The molecule has 1 fully saturated rings. The Balaban J connectivity index is 2.15. The van der Waals surface area contributed by atoms with Crippen molar-refractivity contribution in [3.05, 3.63) is 22.2 Å². The lowest BCUT2D eigenvalue weighted by Crippen LogP contribution is -2.31. The maximum atomic E-state index is 11.1. The number of rotatable bonds is 4. The van der Waals surface area contributed by atoms with Crippen molar-refractivity contribution in [2.24, 2.45) is 5.92 Å². The van der Waals surface area contributed by atoms with Crippen molar-refractivity contribution in [3.63, 3.8) is 0 Å². The van der Waals surface area contributed by atoms with Gasteiger partial charge in [0.2, 0.25) is 0 Å².